The van der Waals surface area contributed by atoms with E-state index in [0.29, 0.717) is 13.0 Å². The Morgan fingerprint density at radius 3 is 2.88 bits per heavy atom. The number of aliphatic hydroxyl groups excluding tert-OH is 1. The average Bonchev–Trinajstić information content (AvgIpc) is 3.04. The highest BCUT2D eigenvalue weighted by Gasteiger charge is 2.66. The normalized spacial score (nSPS) is 38.9. The molecule has 17 heavy (non-hydrogen) atoms. The molecular weight excluding hydrogens is 224 g/mol. The predicted octanol–water partition coefficient (Wildman–Crippen LogP) is 0.494. The third-order valence-corrected chi connectivity index (χ3v) is 3.66. The molecule has 1 saturated carbocycles. The summed E-state index contributed by atoms with van der Waals surface area (Å²) in [5.74, 6) is -0.391. The Morgan fingerprint density at radius 1 is 1.59 bits per heavy atom. The number of carbonyl (C=O) groups excluding carboxylic acids is 1. The number of fused-ring (bicyclic) bond motifs is 1. The van der Waals surface area contributed by atoms with Gasteiger partial charge in [-0.05, 0) is 12.8 Å². The molecule has 4 atom stereocenters. The molecule has 1 aliphatic heterocycles. The zero-order valence-corrected chi connectivity index (χ0v) is 10.3. The molecule has 5 nitrogen and oxygen atoms in total. The highest BCUT2D eigenvalue weighted by molar-refractivity contribution is 5.79. The molecule has 2 fully saturated rings. The van der Waals surface area contributed by atoms with Crippen LogP contribution in [-0.4, -0.2) is 49.7 Å². The van der Waals surface area contributed by atoms with Crippen LogP contribution >= 0.6 is 0 Å². The van der Waals surface area contributed by atoms with Crippen molar-refractivity contribution >= 4 is 5.97 Å². The lowest BCUT2D eigenvalue weighted by atomic mass is 9.84. The third-order valence-electron chi connectivity index (χ3n) is 3.66. The Morgan fingerprint density at radius 2 is 2.35 bits per heavy atom. The molecule has 0 unspecified atom stereocenters. The molecule has 2 rings (SSSR count). The Balaban J connectivity index is 1.96. The highest BCUT2D eigenvalue weighted by Crippen LogP contribution is 2.50. The van der Waals surface area contributed by atoms with Crippen LogP contribution in [0.3, 0.4) is 0 Å². The van der Waals surface area contributed by atoms with E-state index in [-0.39, 0.29) is 18.8 Å². The van der Waals surface area contributed by atoms with Crippen LogP contribution in [0, 0.1) is 5.41 Å². The van der Waals surface area contributed by atoms with Crippen LogP contribution in [0.4, 0.5) is 0 Å². The number of carbonyl (C=O) groups is 1. The number of esters is 1. The molecule has 0 radical (unpaired) electrons. The maximum Gasteiger partial charge on any atom is 0.317 e. The van der Waals surface area contributed by atoms with Gasteiger partial charge in [-0.15, -0.1) is 0 Å². The third kappa shape index (κ3) is 2.19. The van der Waals surface area contributed by atoms with E-state index >= 15 is 0 Å². The van der Waals surface area contributed by atoms with E-state index in [4.69, 9.17) is 14.2 Å². The maximum atomic E-state index is 11.9. The molecule has 2 aliphatic rings. The Labute approximate surface area is 101 Å². The number of hydrogen-bond acceptors (Lipinski definition) is 5. The van der Waals surface area contributed by atoms with Gasteiger partial charge in [-0.25, -0.2) is 0 Å². The van der Waals surface area contributed by atoms with E-state index in [2.05, 4.69) is 6.92 Å². The van der Waals surface area contributed by atoms with Crippen LogP contribution in [0.1, 0.15) is 26.2 Å². The number of unbranched alkanes of at least 4 members (excludes halogenated alkanes) is 1. The van der Waals surface area contributed by atoms with Crippen molar-refractivity contribution in [1.82, 2.24) is 0 Å². The van der Waals surface area contributed by atoms with Gasteiger partial charge in [0.15, 0.2) is 0 Å². The summed E-state index contributed by atoms with van der Waals surface area (Å²) in [6.45, 7) is 2.90. The molecule has 98 valence electrons. The van der Waals surface area contributed by atoms with Gasteiger partial charge in [0.2, 0.25) is 0 Å². The first kappa shape index (κ1) is 12.8. The maximum absolute atomic E-state index is 11.9. The summed E-state index contributed by atoms with van der Waals surface area (Å²) in [6.07, 6.45) is 1.49. The highest BCUT2D eigenvalue weighted by atomic mass is 16.6. The number of epoxide rings is 1. The van der Waals surface area contributed by atoms with Gasteiger partial charge in [0, 0.05) is 6.61 Å². The summed E-state index contributed by atoms with van der Waals surface area (Å²) >= 11 is 0. The number of aliphatic hydroxyl groups is 1. The SMILES string of the molecule is CCCCOC[C@@]1(C(=O)OC)C[C@@H]2O[C@@H]2[C@@H]1O. The fraction of sp³-hybridized carbons (Fsp3) is 0.917. The molecule has 1 saturated heterocycles. The summed E-state index contributed by atoms with van der Waals surface area (Å²) in [6, 6.07) is 0. The van der Waals surface area contributed by atoms with Gasteiger partial charge >= 0.3 is 5.97 Å². The molecule has 0 spiro atoms. The summed E-state index contributed by atoms with van der Waals surface area (Å²) in [5.41, 5.74) is -0.921. The Bertz CT molecular complexity index is 293. The monoisotopic (exact) mass is 244 g/mol. The molecule has 1 N–H and O–H groups in total. The van der Waals surface area contributed by atoms with Crippen LogP contribution in [0.15, 0.2) is 0 Å². The molecule has 5 heteroatoms. The van der Waals surface area contributed by atoms with Crippen LogP contribution in [-0.2, 0) is 19.0 Å². The lowest BCUT2D eigenvalue weighted by molar-refractivity contribution is -0.168. The lowest BCUT2D eigenvalue weighted by Gasteiger charge is -2.30. The largest absolute Gasteiger partial charge is 0.468 e. The zero-order chi connectivity index (χ0) is 12.5. The van der Waals surface area contributed by atoms with Crippen LogP contribution in [0.5, 0.6) is 0 Å². The molecular formula is C12H20O5. The van der Waals surface area contributed by atoms with Gasteiger partial charge in [-0.2, -0.15) is 0 Å². The predicted molar refractivity (Wildman–Crippen MR) is 59.5 cm³/mol. The van der Waals surface area contributed by atoms with Crippen molar-refractivity contribution in [2.45, 2.75) is 44.5 Å². The fourth-order valence-electron chi connectivity index (χ4n) is 2.50. The van der Waals surface area contributed by atoms with Crippen molar-refractivity contribution in [1.29, 1.82) is 0 Å². The topological polar surface area (TPSA) is 68.3 Å². The van der Waals surface area contributed by atoms with Gasteiger partial charge in [0.25, 0.3) is 0 Å². The number of rotatable bonds is 6. The van der Waals surface area contributed by atoms with Gasteiger partial charge in [-0.1, -0.05) is 13.3 Å². The lowest BCUT2D eigenvalue weighted by Crippen LogP contribution is -2.46. The van der Waals surface area contributed by atoms with Crippen molar-refractivity contribution in [3.63, 3.8) is 0 Å². The Hall–Kier alpha value is -0.650. The molecule has 0 aromatic rings. The van der Waals surface area contributed by atoms with E-state index in [1.807, 2.05) is 0 Å². The molecule has 0 bridgehead atoms. The van der Waals surface area contributed by atoms with Gasteiger partial charge in [0.1, 0.15) is 17.6 Å². The van der Waals surface area contributed by atoms with Gasteiger partial charge in [-0.3, -0.25) is 4.79 Å². The first-order valence-electron chi connectivity index (χ1n) is 6.15. The molecule has 1 aliphatic carbocycles. The van der Waals surface area contributed by atoms with E-state index in [9.17, 15) is 9.90 Å². The minimum absolute atomic E-state index is 0.00104. The van der Waals surface area contributed by atoms with Crippen molar-refractivity contribution < 1.29 is 24.1 Å². The van der Waals surface area contributed by atoms with E-state index in [1.54, 1.807) is 0 Å². The van der Waals surface area contributed by atoms with Crippen molar-refractivity contribution in [3.05, 3.63) is 0 Å². The number of hydrogen-bond donors (Lipinski definition) is 1. The van der Waals surface area contributed by atoms with E-state index in [0.717, 1.165) is 12.8 Å². The molecule has 0 amide bonds. The minimum Gasteiger partial charge on any atom is -0.468 e. The minimum atomic E-state index is -0.921. The van der Waals surface area contributed by atoms with Crippen LogP contribution < -0.4 is 0 Å². The second kappa shape index (κ2) is 4.92. The van der Waals surface area contributed by atoms with E-state index in [1.165, 1.54) is 7.11 Å². The second-order valence-corrected chi connectivity index (χ2v) is 4.84. The summed E-state index contributed by atoms with van der Waals surface area (Å²) in [7, 11) is 1.34. The van der Waals surface area contributed by atoms with Crippen LogP contribution in [0.2, 0.25) is 0 Å². The van der Waals surface area contributed by atoms with Crippen molar-refractivity contribution in [3.8, 4) is 0 Å². The smallest absolute Gasteiger partial charge is 0.317 e. The second-order valence-electron chi connectivity index (χ2n) is 4.84. The van der Waals surface area contributed by atoms with Gasteiger partial charge in [0.05, 0.1) is 19.8 Å². The summed E-state index contributed by atoms with van der Waals surface area (Å²) in [5, 5.41) is 10.1. The first-order valence-corrected chi connectivity index (χ1v) is 6.15. The van der Waals surface area contributed by atoms with Crippen molar-refractivity contribution in [2.24, 2.45) is 5.41 Å². The molecule has 0 aromatic heterocycles. The first-order chi connectivity index (χ1) is 8.15. The molecule has 1 heterocycles. The quantitative estimate of drug-likeness (QED) is 0.418. The zero-order valence-electron chi connectivity index (χ0n) is 10.3. The summed E-state index contributed by atoms with van der Waals surface area (Å²) < 4.78 is 15.5. The fourth-order valence-corrected chi connectivity index (χ4v) is 2.50. The average molecular weight is 244 g/mol. The standard InChI is InChI=1S/C12H20O5/c1-3-4-5-16-7-12(11(14)15-2)6-8-9(17-8)10(12)13/h8-10,13H,3-7H2,1-2H3/t8-,9-,10-,12-/m0/s1. The van der Waals surface area contributed by atoms with Gasteiger partial charge < -0.3 is 19.3 Å². The van der Waals surface area contributed by atoms with Crippen molar-refractivity contribution in [2.75, 3.05) is 20.3 Å². The number of ether oxygens (including phenoxy) is 3. The number of methoxy groups -OCH3 is 1. The van der Waals surface area contributed by atoms with E-state index < -0.39 is 17.5 Å². The summed E-state index contributed by atoms with van der Waals surface area (Å²) in [4.78, 5) is 11.9. The Kier molecular flexibility index (Phi) is 3.70. The molecule has 0 aromatic carbocycles. The van der Waals surface area contributed by atoms with Crippen LogP contribution in [0.25, 0.3) is 0 Å².